The molecule has 1 aliphatic heterocycles. The molecular formula is C17H12BrFN4O3S. The highest BCUT2D eigenvalue weighted by Crippen LogP contribution is 2.32. The number of carbonyl (C=O) groups is 2. The van der Waals surface area contributed by atoms with Crippen molar-refractivity contribution in [3.05, 3.63) is 57.5 Å². The van der Waals surface area contributed by atoms with E-state index in [1.54, 1.807) is 6.07 Å². The molecule has 1 N–H and O–H groups in total. The third-order valence-electron chi connectivity index (χ3n) is 4.24. The second-order valence-corrected chi connectivity index (χ2v) is 7.89. The lowest BCUT2D eigenvalue weighted by Crippen LogP contribution is -2.41. The van der Waals surface area contributed by atoms with Gasteiger partial charge in [0.25, 0.3) is 5.91 Å². The van der Waals surface area contributed by atoms with Gasteiger partial charge in [0.2, 0.25) is 11.7 Å². The number of amides is 3. The molecule has 1 aromatic carbocycles. The summed E-state index contributed by atoms with van der Waals surface area (Å²) in [5.41, 5.74) is -1.40. The number of imide groups is 1. The smallest absolute Gasteiger partial charge is 0.325 e. The topological polar surface area (TPSA) is 88.3 Å². The van der Waals surface area contributed by atoms with E-state index >= 15 is 0 Å². The Morgan fingerprint density at radius 1 is 1.37 bits per heavy atom. The zero-order valence-corrected chi connectivity index (χ0v) is 16.3. The van der Waals surface area contributed by atoms with Crippen molar-refractivity contribution in [3.63, 3.8) is 0 Å². The number of carbonyl (C=O) groups excluding carboxylic acids is 2. The van der Waals surface area contributed by atoms with Crippen LogP contribution in [-0.2, 0) is 16.9 Å². The second kappa shape index (κ2) is 6.54. The lowest BCUT2D eigenvalue weighted by molar-refractivity contribution is -0.131. The van der Waals surface area contributed by atoms with Gasteiger partial charge in [-0.2, -0.15) is 4.98 Å². The molecule has 7 nitrogen and oxygen atoms in total. The molecule has 0 saturated carbocycles. The molecule has 1 unspecified atom stereocenters. The molecule has 1 atom stereocenters. The summed E-state index contributed by atoms with van der Waals surface area (Å²) in [7, 11) is 0. The minimum atomic E-state index is -1.50. The van der Waals surface area contributed by atoms with Gasteiger partial charge in [-0.05, 0) is 35.0 Å². The van der Waals surface area contributed by atoms with Crippen molar-refractivity contribution < 1.29 is 18.5 Å². The summed E-state index contributed by atoms with van der Waals surface area (Å²) in [6, 6.07) is 7.02. The minimum Gasteiger partial charge on any atom is -0.337 e. The van der Waals surface area contributed by atoms with Crippen molar-refractivity contribution in [3.8, 4) is 10.7 Å². The van der Waals surface area contributed by atoms with Gasteiger partial charge in [-0.25, -0.2) is 9.18 Å². The van der Waals surface area contributed by atoms with E-state index in [9.17, 15) is 14.0 Å². The first kappa shape index (κ1) is 17.8. The maximum Gasteiger partial charge on any atom is 0.325 e. The van der Waals surface area contributed by atoms with E-state index in [2.05, 4.69) is 31.4 Å². The first-order valence-electron chi connectivity index (χ1n) is 7.84. The Morgan fingerprint density at radius 2 is 2.15 bits per heavy atom. The molecule has 27 heavy (non-hydrogen) atoms. The van der Waals surface area contributed by atoms with Gasteiger partial charge in [0.05, 0.1) is 4.88 Å². The summed E-state index contributed by atoms with van der Waals surface area (Å²) in [5, 5.41) is 8.30. The maximum atomic E-state index is 14.2. The molecule has 10 heteroatoms. The summed E-state index contributed by atoms with van der Waals surface area (Å²) in [6.07, 6.45) is 0. The van der Waals surface area contributed by atoms with Gasteiger partial charge in [0, 0.05) is 15.4 Å². The number of hydrogen-bond acceptors (Lipinski definition) is 6. The van der Waals surface area contributed by atoms with E-state index in [4.69, 9.17) is 4.52 Å². The van der Waals surface area contributed by atoms with Crippen molar-refractivity contribution in [1.82, 2.24) is 20.4 Å². The molecule has 0 radical (unpaired) electrons. The molecule has 3 aromatic rings. The quantitative estimate of drug-likeness (QED) is 0.612. The molecule has 4 rings (SSSR count). The minimum absolute atomic E-state index is 0.0977. The van der Waals surface area contributed by atoms with E-state index in [0.717, 1.165) is 14.2 Å². The zero-order valence-electron chi connectivity index (χ0n) is 13.9. The molecule has 1 saturated heterocycles. The normalized spacial score (nSPS) is 19.6. The maximum absolute atomic E-state index is 14.2. The SMILES string of the molecule is CC1(c2ccccc2F)NC(=O)N(Cc2nc(-c3cc(Br)cs3)no2)C1=O. The molecular weight excluding hydrogens is 439 g/mol. The summed E-state index contributed by atoms with van der Waals surface area (Å²) in [6.45, 7) is 1.27. The van der Waals surface area contributed by atoms with Crippen LogP contribution in [0.5, 0.6) is 0 Å². The van der Waals surface area contributed by atoms with Crippen LogP contribution in [0, 0.1) is 5.82 Å². The van der Waals surface area contributed by atoms with E-state index in [0.29, 0.717) is 5.82 Å². The largest absolute Gasteiger partial charge is 0.337 e. The van der Waals surface area contributed by atoms with Crippen LogP contribution < -0.4 is 5.32 Å². The second-order valence-electron chi connectivity index (χ2n) is 6.07. The Labute approximate surface area is 165 Å². The van der Waals surface area contributed by atoms with E-state index in [1.165, 1.54) is 36.5 Å². The van der Waals surface area contributed by atoms with Gasteiger partial charge in [-0.1, -0.05) is 23.4 Å². The summed E-state index contributed by atoms with van der Waals surface area (Å²) in [5.74, 6) is -0.685. The van der Waals surface area contributed by atoms with Crippen molar-refractivity contribution >= 4 is 39.2 Å². The van der Waals surface area contributed by atoms with Crippen molar-refractivity contribution in [2.75, 3.05) is 0 Å². The van der Waals surface area contributed by atoms with Gasteiger partial charge in [0.15, 0.2) is 0 Å². The Bertz CT molecular complexity index is 1050. The van der Waals surface area contributed by atoms with E-state index in [-0.39, 0.29) is 18.0 Å². The van der Waals surface area contributed by atoms with Gasteiger partial charge in [0.1, 0.15) is 17.9 Å². The van der Waals surface area contributed by atoms with Gasteiger partial charge in [-0.3, -0.25) is 9.69 Å². The Morgan fingerprint density at radius 3 is 2.85 bits per heavy atom. The number of nitrogens with zero attached hydrogens (tertiary/aromatic N) is 3. The van der Waals surface area contributed by atoms with Crippen LogP contribution in [0.4, 0.5) is 9.18 Å². The predicted molar refractivity (Wildman–Crippen MR) is 98.1 cm³/mol. The lowest BCUT2D eigenvalue weighted by atomic mass is 9.91. The Kier molecular flexibility index (Phi) is 4.31. The molecule has 3 heterocycles. The molecule has 2 aromatic heterocycles. The number of thiophene rings is 1. The van der Waals surface area contributed by atoms with E-state index in [1.807, 2.05) is 11.4 Å². The van der Waals surface area contributed by atoms with Crippen molar-refractivity contribution in [2.24, 2.45) is 0 Å². The molecule has 0 aliphatic carbocycles. The highest BCUT2D eigenvalue weighted by Gasteiger charge is 2.50. The molecule has 1 aliphatic rings. The highest BCUT2D eigenvalue weighted by molar-refractivity contribution is 9.10. The molecule has 0 spiro atoms. The molecule has 138 valence electrons. The molecule has 0 bridgehead atoms. The number of nitrogens with one attached hydrogen (secondary N) is 1. The summed E-state index contributed by atoms with van der Waals surface area (Å²) >= 11 is 4.78. The Balaban J connectivity index is 1.59. The fourth-order valence-corrected chi connectivity index (χ4v) is 4.23. The van der Waals surface area contributed by atoms with Crippen LogP contribution in [0.25, 0.3) is 10.7 Å². The monoisotopic (exact) mass is 450 g/mol. The predicted octanol–water partition coefficient (Wildman–Crippen LogP) is 3.67. The van der Waals surface area contributed by atoms with Gasteiger partial charge in [-0.15, -0.1) is 11.3 Å². The number of aromatic nitrogens is 2. The van der Waals surface area contributed by atoms with Gasteiger partial charge < -0.3 is 9.84 Å². The average Bonchev–Trinajstić information content (AvgIpc) is 3.32. The van der Waals surface area contributed by atoms with Gasteiger partial charge >= 0.3 is 6.03 Å². The van der Waals surface area contributed by atoms with Crippen molar-refractivity contribution in [2.45, 2.75) is 19.0 Å². The molecule has 3 amide bonds. The standard InChI is InChI=1S/C17H12BrFN4O3S/c1-17(10-4-2-3-5-11(10)19)15(24)23(16(25)21-17)7-13-20-14(22-26-13)12-6-9(18)8-27-12/h2-6,8H,7H2,1H3,(H,21,25). The third-order valence-corrected chi connectivity index (χ3v) is 5.92. The number of hydrogen-bond donors (Lipinski definition) is 1. The lowest BCUT2D eigenvalue weighted by Gasteiger charge is -2.22. The fourth-order valence-electron chi connectivity index (χ4n) is 2.87. The highest BCUT2D eigenvalue weighted by atomic mass is 79.9. The number of benzene rings is 1. The Hall–Kier alpha value is -2.59. The van der Waals surface area contributed by atoms with Crippen LogP contribution >= 0.6 is 27.3 Å². The molecule has 1 fully saturated rings. The van der Waals surface area contributed by atoms with Crippen LogP contribution in [0.2, 0.25) is 0 Å². The summed E-state index contributed by atoms with van der Waals surface area (Å²) < 4.78 is 20.2. The number of halogens is 2. The number of urea groups is 1. The fraction of sp³-hybridized carbons (Fsp3) is 0.176. The zero-order chi connectivity index (χ0) is 19.2. The van der Waals surface area contributed by atoms with Crippen LogP contribution in [-0.4, -0.2) is 27.0 Å². The first-order valence-corrected chi connectivity index (χ1v) is 9.52. The van der Waals surface area contributed by atoms with Crippen LogP contribution in [0.1, 0.15) is 18.4 Å². The van der Waals surface area contributed by atoms with Crippen molar-refractivity contribution in [1.29, 1.82) is 0 Å². The van der Waals surface area contributed by atoms with Crippen LogP contribution in [0.3, 0.4) is 0 Å². The van der Waals surface area contributed by atoms with Crippen LogP contribution in [0.15, 0.2) is 44.7 Å². The third kappa shape index (κ3) is 3.04. The summed E-state index contributed by atoms with van der Waals surface area (Å²) in [4.78, 5) is 31.2. The first-order chi connectivity index (χ1) is 12.9. The number of rotatable bonds is 4. The average molecular weight is 451 g/mol. The van der Waals surface area contributed by atoms with E-state index < -0.39 is 23.3 Å².